The normalized spacial score (nSPS) is 18.3. The van der Waals surface area contributed by atoms with Crippen LogP contribution in [0.15, 0.2) is 47.4 Å². The molecule has 0 aliphatic carbocycles. The third kappa shape index (κ3) is 4.51. The molecule has 37 heavy (non-hydrogen) atoms. The molecule has 0 amide bonds. The predicted octanol–water partition coefficient (Wildman–Crippen LogP) is 2.19. The molecule has 5 rings (SSSR count). The second kappa shape index (κ2) is 9.83. The number of halogens is 1. The maximum atomic E-state index is 15.4. The molecule has 2 atom stereocenters. The highest BCUT2D eigenvalue weighted by Gasteiger charge is 2.32. The van der Waals surface area contributed by atoms with Crippen LogP contribution in [-0.2, 0) is 14.6 Å². The van der Waals surface area contributed by atoms with E-state index >= 15 is 4.39 Å². The molecule has 2 aliphatic heterocycles. The quantitative estimate of drug-likeness (QED) is 0.416. The van der Waals surface area contributed by atoms with E-state index in [0.29, 0.717) is 24.3 Å². The van der Waals surface area contributed by atoms with Gasteiger partial charge < -0.3 is 24.2 Å². The largest absolute Gasteiger partial charge is 0.487 e. The van der Waals surface area contributed by atoms with Crippen molar-refractivity contribution >= 4 is 28.5 Å². The molecule has 11 heteroatoms. The lowest BCUT2D eigenvalue weighted by Crippen LogP contribution is -2.45. The Morgan fingerprint density at radius 3 is 2.54 bits per heavy atom. The molecule has 194 valence electrons. The Kier molecular flexibility index (Phi) is 6.57. The summed E-state index contributed by atoms with van der Waals surface area (Å²) in [5.74, 6) is -2.85. The van der Waals surface area contributed by atoms with Crippen LogP contribution in [0.5, 0.6) is 5.75 Å². The lowest BCUT2D eigenvalue weighted by molar-refractivity contribution is -0.242. The monoisotopic (exact) mass is 511 g/mol. The number of nitrogens with zero attached hydrogens (tertiary/aromatic N) is 3. The molecule has 0 radical (unpaired) electrons. The molecule has 3 heterocycles. The van der Waals surface area contributed by atoms with E-state index < -0.39 is 34.9 Å². The van der Waals surface area contributed by atoms with Crippen molar-refractivity contribution in [3.8, 4) is 5.75 Å². The molecule has 10 nitrogen and oxygen atoms in total. The molecule has 0 bridgehead atoms. The SMILES string of the molecule is C[C@H]1COc2c(N3CCN(C)CC3)c(F)cc3c(=O)c(C(=O)OOC(=O)C(O)c4ccccc4)cn1c23. The molecular formula is C26H26FN3O7. The van der Waals surface area contributed by atoms with Gasteiger partial charge in [0.25, 0.3) is 0 Å². The van der Waals surface area contributed by atoms with Crippen LogP contribution >= 0.6 is 0 Å². The Labute approximate surface area is 211 Å². The van der Waals surface area contributed by atoms with Gasteiger partial charge in [-0.1, -0.05) is 30.3 Å². The number of carbonyl (C=O) groups is 2. The Morgan fingerprint density at radius 1 is 1.14 bits per heavy atom. The number of aliphatic hydroxyl groups is 1. The zero-order valence-corrected chi connectivity index (χ0v) is 20.3. The van der Waals surface area contributed by atoms with Gasteiger partial charge in [0.05, 0.1) is 16.9 Å². The number of hydrogen-bond donors (Lipinski definition) is 1. The number of aliphatic hydroxyl groups excluding tert-OH is 1. The van der Waals surface area contributed by atoms with Crippen LogP contribution in [0.3, 0.4) is 0 Å². The summed E-state index contributed by atoms with van der Waals surface area (Å²) in [6.45, 7) is 4.73. The van der Waals surface area contributed by atoms with Gasteiger partial charge >= 0.3 is 11.9 Å². The summed E-state index contributed by atoms with van der Waals surface area (Å²) in [4.78, 5) is 51.3. The summed E-state index contributed by atoms with van der Waals surface area (Å²) < 4.78 is 23.0. The minimum atomic E-state index is -1.69. The molecule has 2 aliphatic rings. The number of hydrogen-bond acceptors (Lipinski definition) is 9. The van der Waals surface area contributed by atoms with Gasteiger partial charge in [-0.2, -0.15) is 0 Å². The van der Waals surface area contributed by atoms with Gasteiger partial charge in [0.1, 0.15) is 17.9 Å². The van der Waals surface area contributed by atoms with E-state index in [0.717, 1.165) is 19.2 Å². The highest BCUT2D eigenvalue weighted by molar-refractivity contribution is 5.98. The van der Waals surface area contributed by atoms with E-state index in [2.05, 4.69) is 14.7 Å². The standard InChI is InChI=1S/C26H26FN3O7/c1-15-14-35-24-20-17(12-19(27)21(24)29-10-8-28(2)9-11-29)23(32)18(13-30(15)20)25(33)36-37-26(34)22(31)16-6-4-3-5-7-16/h3-7,12-13,15,22,31H,8-11,14H2,1-2H3/t15-,22?/m0/s1. The second-order valence-electron chi connectivity index (χ2n) is 9.25. The fourth-order valence-electron chi connectivity index (χ4n) is 4.62. The van der Waals surface area contributed by atoms with Crippen molar-refractivity contribution in [3.63, 3.8) is 0 Å². The maximum absolute atomic E-state index is 15.4. The van der Waals surface area contributed by atoms with Gasteiger partial charge in [-0.15, -0.1) is 0 Å². The third-order valence-corrected chi connectivity index (χ3v) is 6.72. The summed E-state index contributed by atoms with van der Waals surface area (Å²) in [7, 11) is 1.99. The van der Waals surface area contributed by atoms with E-state index in [1.165, 1.54) is 18.3 Å². The molecule has 3 aromatic rings. The first-order valence-electron chi connectivity index (χ1n) is 11.9. The molecule has 1 N–H and O–H groups in total. The molecular weight excluding hydrogens is 485 g/mol. The van der Waals surface area contributed by atoms with E-state index in [9.17, 15) is 19.5 Å². The van der Waals surface area contributed by atoms with Crippen molar-refractivity contribution in [1.29, 1.82) is 0 Å². The minimum Gasteiger partial charge on any atom is -0.487 e. The minimum absolute atomic E-state index is 0.0537. The molecule has 1 unspecified atom stereocenters. The number of piperazine rings is 1. The van der Waals surface area contributed by atoms with Crippen molar-refractivity contribution in [3.05, 3.63) is 69.8 Å². The van der Waals surface area contributed by atoms with Crippen molar-refractivity contribution in [2.45, 2.75) is 19.1 Å². The van der Waals surface area contributed by atoms with E-state index in [4.69, 9.17) is 4.74 Å². The van der Waals surface area contributed by atoms with Crippen LogP contribution in [0.25, 0.3) is 10.9 Å². The van der Waals surface area contributed by atoms with Crippen LogP contribution < -0.4 is 15.1 Å². The van der Waals surface area contributed by atoms with Gasteiger partial charge in [-0.3, -0.25) is 4.79 Å². The molecule has 2 aromatic carbocycles. The van der Waals surface area contributed by atoms with Crippen LogP contribution in [-0.4, -0.2) is 66.3 Å². The second-order valence-corrected chi connectivity index (χ2v) is 9.25. The Balaban J connectivity index is 1.47. The summed E-state index contributed by atoms with van der Waals surface area (Å²) in [5, 5.41) is 10.1. The van der Waals surface area contributed by atoms with Gasteiger partial charge in [0, 0.05) is 32.4 Å². The predicted molar refractivity (Wildman–Crippen MR) is 131 cm³/mol. The summed E-state index contributed by atoms with van der Waals surface area (Å²) in [6, 6.07) is 8.76. The van der Waals surface area contributed by atoms with E-state index in [1.807, 2.05) is 18.9 Å². The summed E-state index contributed by atoms with van der Waals surface area (Å²) in [5.41, 5.74) is -0.321. The molecule has 0 saturated carbocycles. The maximum Gasteiger partial charge on any atom is 0.391 e. The zero-order valence-electron chi connectivity index (χ0n) is 20.3. The molecule has 0 spiro atoms. The summed E-state index contributed by atoms with van der Waals surface area (Å²) >= 11 is 0. The number of benzene rings is 2. The van der Waals surface area contributed by atoms with Crippen LogP contribution in [0.2, 0.25) is 0 Å². The van der Waals surface area contributed by atoms with Crippen LogP contribution in [0.4, 0.5) is 10.1 Å². The van der Waals surface area contributed by atoms with E-state index in [1.54, 1.807) is 22.8 Å². The third-order valence-electron chi connectivity index (χ3n) is 6.72. The average Bonchev–Trinajstić information content (AvgIpc) is 2.91. The van der Waals surface area contributed by atoms with Crippen LogP contribution in [0, 0.1) is 5.82 Å². The fraction of sp³-hybridized carbons (Fsp3) is 0.346. The van der Waals surface area contributed by atoms with Crippen molar-refractivity contribution in [2.24, 2.45) is 0 Å². The first kappa shape index (κ1) is 24.7. The molecule has 1 fully saturated rings. The van der Waals surface area contributed by atoms with Gasteiger partial charge in [0.2, 0.25) is 5.43 Å². The number of likely N-dealkylation sites (N-methyl/N-ethyl adjacent to an activating group) is 1. The lowest BCUT2D eigenvalue weighted by Gasteiger charge is -2.37. The zero-order chi connectivity index (χ0) is 26.3. The topological polar surface area (TPSA) is 111 Å². The van der Waals surface area contributed by atoms with Gasteiger partial charge in [-0.25, -0.2) is 23.8 Å². The fourth-order valence-corrected chi connectivity index (χ4v) is 4.62. The average molecular weight is 512 g/mol. The lowest BCUT2D eigenvalue weighted by atomic mass is 10.1. The van der Waals surface area contributed by atoms with Gasteiger partial charge in [0.15, 0.2) is 17.7 Å². The number of aromatic nitrogens is 1. The van der Waals surface area contributed by atoms with Crippen molar-refractivity contribution in [1.82, 2.24) is 9.47 Å². The number of pyridine rings is 1. The number of rotatable bonds is 4. The number of carbonyl (C=O) groups excluding carboxylic acids is 2. The first-order chi connectivity index (χ1) is 17.8. The highest BCUT2D eigenvalue weighted by atomic mass is 19.1. The van der Waals surface area contributed by atoms with Crippen LogP contribution in [0.1, 0.15) is 35.0 Å². The highest BCUT2D eigenvalue weighted by Crippen LogP contribution is 2.42. The Bertz CT molecular complexity index is 1420. The van der Waals surface area contributed by atoms with Crippen molar-refractivity contribution < 1.29 is 33.6 Å². The first-order valence-corrected chi connectivity index (χ1v) is 11.9. The number of anilines is 1. The molecule has 1 saturated heterocycles. The smallest absolute Gasteiger partial charge is 0.391 e. The van der Waals surface area contributed by atoms with Gasteiger partial charge in [-0.05, 0) is 25.6 Å². The number of ether oxygens (including phenoxy) is 1. The Hall–Kier alpha value is -3.96. The van der Waals surface area contributed by atoms with E-state index in [-0.39, 0.29) is 29.3 Å². The Morgan fingerprint density at radius 2 is 1.84 bits per heavy atom. The van der Waals surface area contributed by atoms with Crippen molar-refractivity contribution in [2.75, 3.05) is 44.7 Å². The molecule has 1 aromatic heterocycles. The summed E-state index contributed by atoms with van der Waals surface area (Å²) in [6.07, 6.45) is -0.383.